The number of amides is 1. The molecule has 0 aliphatic carbocycles. The zero-order chi connectivity index (χ0) is 14.0. The van der Waals surface area contributed by atoms with Crippen molar-refractivity contribution in [3.05, 3.63) is 41.6 Å². The number of carboxylic acid groups (broad SMARTS) is 1. The minimum Gasteiger partial charge on any atom is -0.478 e. The largest absolute Gasteiger partial charge is 0.478 e. The Kier molecular flexibility index (Phi) is 3.19. The van der Waals surface area contributed by atoms with Crippen molar-refractivity contribution < 1.29 is 14.7 Å². The van der Waals surface area contributed by atoms with Crippen LogP contribution in [0.1, 0.15) is 20.7 Å². The number of benzene rings is 1. The lowest BCUT2D eigenvalue weighted by Gasteiger charge is -2.07. The number of nitrogens with zero attached hydrogens (tertiary/aromatic N) is 2. The van der Waals surface area contributed by atoms with Crippen LogP contribution in [-0.4, -0.2) is 26.8 Å². The summed E-state index contributed by atoms with van der Waals surface area (Å²) >= 11 is 0. The zero-order valence-corrected chi connectivity index (χ0v) is 10.1. The molecule has 19 heavy (non-hydrogen) atoms. The SMILES string of the molecule is Cn1ncc(C(=O)Nc2ccccc2C(=O)O)c1N. The number of hydrogen-bond acceptors (Lipinski definition) is 4. The predicted octanol–water partition coefficient (Wildman–Crippen LogP) is 0.953. The minimum atomic E-state index is -1.12. The van der Waals surface area contributed by atoms with Crippen molar-refractivity contribution in [3.8, 4) is 0 Å². The number of nitrogen functional groups attached to an aromatic ring is 1. The average molecular weight is 260 g/mol. The van der Waals surface area contributed by atoms with Gasteiger partial charge in [0.25, 0.3) is 5.91 Å². The smallest absolute Gasteiger partial charge is 0.337 e. The number of nitrogens with one attached hydrogen (secondary N) is 1. The molecule has 1 heterocycles. The second-order valence-electron chi connectivity index (χ2n) is 3.87. The molecule has 0 saturated heterocycles. The fraction of sp³-hybridized carbons (Fsp3) is 0.0833. The molecular weight excluding hydrogens is 248 g/mol. The van der Waals surface area contributed by atoms with Gasteiger partial charge in [0.2, 0.25) is 0 Å². The second-order valence-corrected chi connectivity index (χ2v) is 3.87. The number of aromatic nitrogens is 2. The van der Waals surface area contributed by atoms with Crippen LogP contribution in [0.5, 0.6) is 0 Å². The summed E-state index contributed by atoms with van der Waals surface area (Å²) in [6, 6.07) is 6.13. The summed E-state index contributed by atoms with van der Waals surface area (Å²) in [6.07, 6.45) is 1.33. The van der Waals surface area contributed by atoms with Crippen LogP contribution in [-0.2, 0) is 7.05 Å². The summed E-state index contributed by atoms with van der Waals surface area (Å²) in [4.78, 5) is 23.0. The van der Waals surface area contributed by atoms with Crippen LogP contribution < -0.4 is 11.1 Å². The van der Waals surface area contributed by atoms with E-state index >= 15 is 0 Å². The fourth-order valence-electron chi connectivity index (χ4n) is 1.59. The van der Waals surface area contributed by atoms with E-state index in [1.165, 1.54) is 23.0 Å². The van der Waals surface area contributed by atoms with Crippen LogP contribution in [0.3, 0.4) is 0 Å². The Hall–Kier alpha value is -2.83. The lowest BCUT2D eigenvalue weighted by atomic mass is 10.1. The number of aryl methyl sites for hydroxylation is 1. The molecule has 0 saturated carbocycles. The molecule has 0 aliphatic rings. The van der Waals surface area contributed by atoms with Gasteiger partial charge in [0.1, 0.15) is 11.4 Å². The third-order valence-electron chi connectivity index (χ3n) is 2.63. The number of rotatable bonds is 3. The van der Waals surface area contributed by atoms with Gasteiger partial charge in [-0.25, -0.2) is 4.79 Å². The van der Waals surface area contributed by atoms with E-state index in [2.05, 4.69) is 10.4 Å². The quantitative estimate of drug-likeness (QED) is 0.761. The minimum absolute atomic E-state index is 0.0123. The van der Waals surface area contributed by atoms with Crippen molar-refractivity contribution in [2.24, 2.45) is 7.05 Å². The highest BCUT2D eigenvalue weighted by Crippen LogP contribution is 2.17. The summed E-state index contributed by atoms with van der Waals surface area (Å²) in [5, 5.41) is 15.4. The van der Waals surface area contributed by atoms with Gasteiger partial charge in [0, 0.05) is 7.05 Å². The van der Waals surface area contributed by atoms with E-state index in [9.17, 15) is 9.59 Å². The first kappa shape index (κ1) is 12.6. The molecule has 0 fully saturated rings. The van der Waals surface area contributed by atoms with Gasteiger partial charge in [-0.1, -0.05) is 12.1 Å². The van der Waals surface area contributed by atoms with Gasteiger partial charge >= 0.3 is 5.97 Å². The van der Waals surface area contributed by atoms with E-state index in [1.807, 2.05) is 0 Å². The first-order chi connectivity index (χ1) is 9.00. The maximum absolute atomic E-state index is 12.0. The van der Waals surface area contributed by atoms with Crippen molar-refractivity contribution in [3.63, 3.8) is 0 Å². The lowest BCUT2D eigenvalue weighted by Crippen LogP contribution is -2.16. The second kappa shape index (κ2) is 4.81. The highest BCUT2D eigenvalue weighted by Gasteiger charge is 2.16. The van der Waals surface area contributed by atoms with E-state index in [-0.39, 0.29) is 22.6 Å². The molecule has 4 N–H and O–H groups in total. The van der Waals surface area contributed by atoms with Crippen LogP contribution in [0.4, 0.5) is 11.5 Å². The Morgan fingerprint density at radius 3 is 2.58 bits per heavy atom. The lowest BCUT2D eigenvalue weighted by molar-refractivity contribution is 0.0698. The van der Waals surface area contributed by atoms with Crippen LogP contribution in [0.25, 0.3) is 0 Å². The molecule has 1 amide bonds. The Morgan fingerprint density at radius 2 is 2.00 bits per heavy atom. The Labute approximate surface area is 108 Å². The summed E-state index contributed by atoms with van der Waals surface area (Å²) in [6.45, 7) is 0. The molecule has 2 aromatic rings. The topological polar surface area (TPSA) is 110 Å². The van der Waals surface area contributed by atoms with Crippen molar-refractivity contribution in [1.29, 1.82) is 0 Å². The first-order valence-corrected chi connectivity index (χ1v) is 5.42. The van der Waals surface area contributed by atoms with Crippen molar-refractivity contribution in [2.45, 2.75) is 0 Å². The number of para-hydroxylation sites is 1. The molecule has 2 rings (SSSR count). The summed E-state index contributed by atoms with van der Waals surface area (Å²) in [5.41, 5.74) is 6.10. The summed E-state index contributed by atoms with van der Waals surface area (Å²) in [7, 11) is 1.61. The fourth-order valence-corrected chi connectivity index (χ4v) is 1.59. The van der Waals surface area contributed by atoms with Gasteiger partial charge in [-0.2, -0.15) is 5.10 Å². The molecule has 0 spiro atoms. The van der Waals surface area contributed by atoms with Crippen molar-refractivity contribution in [2.75, 3.05) is 11.1 Å². The zero-order valence-electron chi connectivity index (χ0n) is 10.1. The molecule has 98 valence electrons. The van der Waals surface area contributed by atoms with E-state index < -0.39 is 11.9 Å². The van der Waals surface area contributed by atoms with Crippen molar-refractivity contribution >= 4 is 23.4 Å². The molecule has 1 aromatic carbocycles. The molecular formula is C12H12N4O3. The number of anilines is 2. The van der Waals surface area contributed by atoms with Crippen LogP contribution in [0.2, 0.25) is 0 Å². The number of aromatic carboxylic acids is 1. The average Bonchev–Trinajstić information content (AvgIpc) is 2.70. The van der Waals surface area contributed by atoms with Crippen molar-refractivity contribution in [1.82, 2.24) is 9.78 Å². The number of carbonyl (C=O) groups excluding carboxylic acids is 1. The summed E-state index contributed by atoms with van der Waals surface area (Å²) < 4.78 is 1.36. The molecule has 0 bridgehead atoms. The van der Waals surface area contributed by atoms with E-state index in [4.69, 9.17) is 10.8 Å². The van der Waals surface area contributed by atoms with Gasteiger partial charge in [0.15, 0.2) is 0 Å². The predicted molar refractivity (Wildman–Crippen MR) is 69.0 cm³/mol. The number of carbonyl (C=O) groups is 2. The van der Waals surface area contributed by atoms with E-state index in [0.717, 1.165) is 0 Å². The Morgan fingerprint density at radius 1 is 1.32 bits per heavy atom. The van der Waals surface area contributed by atoms with Gasteiger partial charge in [0.05, 0.1) is 17.4 Å². The van der Waals surface area contributed by atoms with Gasteiger partial charge in [-0.3, -0.25) is 9.48 Å². The normalized spacial score (nSPS) is 10.2. The van der Waals surface area contributed by atoms with Crippen LogP contribution in [0, 0.1) is 0 Å². The van der Waals surface area contributed by atoms with E-state index in [1.54, 1.807) is 19.2 Å². The molecule has 1 aromatic heterocycles. The molecule has 0 radical (unpaired) electrons. The maximum atomic E-state index is 12.0. The van der Waals surface area contributed by atoms with E-state index in [0.29, 0.717) is 0 Å². The van der Waals surface area contributed by atoms with Crippen LogP contribution >= 0.6 is 0 Å². The first-order valence-electron chi connectivity index (χ1n) is 5.42. The molecule has 0 aliphatic heterocycles. The highest BCUT2D eigenvalue weighted by molar-refractivity contribution is 6.09. The molecule has 0 unspecified atom stereocenters. The summed E-state index contributed by atoms with van der Waals surface area (Å²) in [5.74, 6) is -1.40. The Balaban J connectivity index is 2.29. The monoisotopic (exact) mass is 260 g/mol. The number of hydrogen-bond donors (Lipinski definition) is 3. The molecule has 7 nitrogen and oxygen atoms in total. The third kappa shape index (κ3) is 2.39. The number of nitrogens with two attached hydrogens (primary N) is 1. The third-order valence-corrected chi connectivity index (χ3v) is 2.63. The number of carboxylic acids is 1. The standard InChI is InChI=1S/C12H12N4O3/c1-16-10(13)8(6-14-16)11(17)15-9-5-3-2-4-7(9)12(18)19/h2-6H,13H2,1H3,(H,15,17)(H,18,19). The van der Waals surface area contributed by atoms with Crippen LogP contribution in [0.15, 0.2) is 30.5 Å². The Bertz CT molecular complexity index is 648. The van der Waals surface area contributed by atoms with Gasteiger partial charge < -0.3 is 16.2 Å². The van der Waals surface area contributed by atoms with Gasteiger partial charge in [-0.05, 0) is 12.1 Å². The maximum Gasteiger partial charge on any atom is 0.337 e. The molecule has 0 atom stereocenters. The van der Waals surface area contributed by atoms with Gasteiger partial charge in [-0.15, -0.1) is 0 Å². The highest BCUT2D eigenvalue weighted by atomic mass is 16.4. The molecule has 7 heteroatoms.